The van der Waals surface area contributed by atoms with Gasteiger partial charge in [-0.05, 0) is 53.1 Å². The summed E-state index contributed by atoms with van der Waals surface area (Å²) < 4.78 is 47.9. The molecule has 1 atom stereocenters. The molecule has 13 heteroatoms. The van der Waals surface area contributed by atoms with E-state index in [9.17, 15) is 13.2 Å². The fraction of sp³-hybridized carbons (Fsp3) is 0.188. The van der Waals surface area contributed by atoms with Crippen molar-refractivity contribution in [3.63, 3.8) is 0 Å². The predicted molar refractivity (Wildman–Crippen MR) is 97.7 cm³/mol. The molecule has 4 rings (SSSR count). The van der Waals surface area contributed by atoms with Crippen LogP contribution in [0.2, 0.25) is 0 Å². The van der Waals surface area contributed by atoms with E-state index in [-0.39, 0.29) is 11.0 Å². The van der Waals surface area contributed by atoms with Crippen LogP contribution in [0.5, 0.6) is 5.75 Å². The number of rotatable bonds is 6. The van der Waals surface area contributed by atoms with E-state index in [0.29, 0.717) is 22.6 Å². The number of aromatic nitrogens is 6. The number of nitrogens with zero attached hydrogens (tertiary/aromatic N) is 6. The first kappa shape index (κ1) is 19.4. The van der Waals surface area contributed by atoms with Crippen molar-refractivity contribution in [1.29, 1.82) is 0 Å². The first-order chi connectivity index (χ1) is 13.9. The highest BCUT2D eigenvalue weighted by Crippen LogP contribution is 2.35. The summed E-state index contributed by atoms with van der Waals surface area (Å²) in [6, 6.07) is 9.00. The van der Waals surface area contributed by atoms with Crippen molar-refractivity contribution in [2.45, 2.75) is 23.7 Å². The number of ether oxygens (including phenoxy) is 1. The van der Waals surface area contributed by atoms with Crippen LogP contribution in [0.3, 0.4) is 0 Å². The molecule has 0 aliphatic rings. The monoisotopic (exact) mass is 440 g/mol. The summed E-state index contributed by atoms with van der Waals surface area (Å²) in [5, 5.41) is 21.7. The molecule has 0 amide bonds. The molecule has 29 heavy (non-hydrogen) atoms. The average Bonchev–Trinajstić information content (AvgIpc) is 3.42. The van der Waals surface area contributed by atoms with Gasteiger partial charge in [0.25, 0.3) is 5.89 Å². The van der Waals surface area contributed by atoms with Crippen LogP contribution in [-0.2, 0) is 0 Å². The molecule has 150 valence electrons. The molecule has 0 saturated heterocycles. The minimum atomic E-state index is -4.75. The minimum Gasteiger partial charge on any atom is -0.419 e. The summed E-state index contributed by atoms with van der Waals surface area (Å²) in [5.41, 5.74) is 0.476. The van der Waals surface area contributed by atoms with Crippen LogP contribution in [-0.4, -0.2) is 36.8 Å². The van der Waals surface area contributed by atoms with Gasteiger partial charge in [0.1, 0.15) is 5.75 Å². The maximum Gasteiger partial charge on any atom is 0.573 e. The first-order valence-corrected chi connectivity index (χ1v) is 9.83. The molecule has 0 bridgehead atoms. The Hall–Kier alpha value is -2.93. The fourth-order valence-electron chi connectivity index (χ4n) is 2.31. The molecule has 0 radical (unpaired) electrons. The second-order valence-corrected chi connectivity index (χ2v) is 7.85. The summed E-state index contributed by atoms with van der Waals surface area (Å²) in [5.74, 6) is 0.507. The van der Waals surface area contributed by atoms with Gasteiger partial charge in [-0.15, -0.1) is 39.8 Å². The van der Waals surface area contributed by atoms with Gasteiger partial charge in [-0.2, -0.15) is 4.68 Å². The van der Waals surface area contributed by atoms with E-state index < -0.39 is 6.36 Å². The molecule has 1 aromatic carbocycles. The second-order valence-electron chi connectivity index (χ2n) is 5.60. The van der Waals surface area contributed by atoms with Crippen LogP contribution in [0.15, 0.2) is 51.4 Å². The molecule has 3 heterocycles. The number of hydrogen-bond donors (Lipinski definition) is 0. The molecular weight excluding hydrogens is 429 g/mol. The zero-order chi connectivity index (χ0) is 20.4. The average molecular weight is 440 g/mol. The number of alkyl halides is 3. The number of hydrogen-bond acceptors (Lipinski definition) is 9. The number of thiophene rings is 1. The molecule has 4 aromatic rings. The van der Waals surface area contributed by atoms with Gasteiger partial charge >= 0.3 is 6.36 Å². The topological polar surface area (TPSA) is 91.8 Å². The lowest BCUT2D eigenvalue weighted by Gasteiger charge is -2.10. The minimum absolute atomic E-state index is 0.256. The third-order valence-electron chi connectivity index (χ3n) is 3.56. The van der Waals surface area contributed by atoms with Crippen LogP contribution in [0.4, 0.5) is 13.2 Å². The molecule has 0 N–H and O–H groups in total. The second kappa shape index (κ2) is 7.83. The van der Waals surface area contributed by atoms with Gasteiger partial charge in [0, 0.05) is 0 Å². The summed E-state index contributed by atoms with van der Waals surface area (Å²) in [7, 11) is 0. The van der Waals surface area contributed by atoms with Crippen molar-refractivity contribution >= 4 is 23.1 Å². The molecule has 8 nitrogen and oxygen atoms in total. The molecule has 0 saturated carbocycles. The fourth-order valence-corrected chi connectivity index (χ4v) is 3.79. The van der Waals surface area contributed by atoms with E-state index in [4.69, 9.17) is 4.42 Å². The Morgan fingerprint density at radius 2 is 1.93 bits per heavy atom. The van der Waals surface area contributed by atoms with Crippen molar-refractivity contribution in [2.24, 2.45) is 0 Å². The summed E-state index contributed by atoms with van der Waals surface area (Å²) >= 11 is 2.76. The Balaban J connectivity index is 1.49. The molecule has 3 aromatic heterocycles. The smallest absolute Gasteiger partial charge is 0.419 e. The first-order valence-electron chi connectivity index (χ1n) is 8.07. The third kappa shape index (κ3) is 4.56. The number of halogens is 3. The standard InChI is InChI=1S/C16H11F3N6O2S2/c1-9(13-20-21-14(26-13)12-3-2-8-28-12)29-15-22-23-24-25(15)10-4-6-11(7-5-10)27-16(17,18)19/h2-9H,1H3. The van der Waals surface area contributed by atoms with Gasteiger partial charge in [-0.25, -0.2) is 0 Å². The Labute approximate surface area is 169 Å². The van der Waals surface area contributed by atoms with Gasteiger partial charge < -0.3 is 9.15 Å². The van der Waals surface area contributed by atoms with Gasteiger partial charge in [0.2, 0.25) is 11.0 Å². The van der Waals surface area contributed by atoms with E-state index in [2.05, 4.69) is 30.5 Å². The molecule has 1 unspecified atom stereocenters. The van der Waals surface area contributed by atoms with Crippen LogP contribution < -0.4 is 4.74 Å². The molecule has 0 aliphatic heterocycles. The molecular formula is C16H11F3N6O2S2. The number of tetrazole rings is 1. The Kier molecular flexibility index (Phi) is 5.24. The van der Waals surface area contributed by atoms with E-state index in [0.717, 1.165) is 4.88 Å². The maximum absolute atomic E-state index is 12.3. The quantitative estimate of drug-likeness (QED) is 0.404. The van der Waals surface area contributed by atoms with Gasteiger partial charge in [-0.3, -0.25) is 0 Å². The van der Waals surface area contributed by atoms with Gasteiger partial charge in [0.15, 0.2) is 0 Å². The summed E-state index contributed by atoms with van der Waals surface area (Å²) in [6.07, 6.45) is -4.75. The molecule has 0 fully saturated rings. The zero-order valence-corrected chi connectivity index (χ0v) is 16.2. The molecule has 0 spiro atoms. The van der Waals surface area contributed by atoms with Crippen molar-refractivity contribution < 1.29 is 22.3 Å². The zero-order valence-electron chi connectivity index (χ0n) is 14.6. The highest BCUT2D eigenvalue weighted by Gasteiger charge is 2.31. The van der Waals surface area contributed by atoms with Crippen molar-refractivity contribution in [1.82, 2.24) is 30.4 Å². The number of thioether (sulfide) groups is 1. The van der Waals surface area contributed by atoms with E-state index in [1.807, 2.05) is 24.4 Å². The largest absolute Gasteiger partial charge is 0.573 e. The maximum atomic E-state index is 12.3. The van der Waals surface area contributed by atoms with Crippen LogP contribution in [0.1, 0.15) is 18.1 Å². The SMILES string of the molecule is CC(Sc1nnnn1-c1ccc(OC(F)(F)F)cc1)c1nnc(-c2cccs2)o1. The Morgan fingerprint density at radius 1 is 1.14 bits per heavy atom. The lowest BCUT2D eigenvalue weighted by Crippen LogP contribution is -2.17. The normalized spacial score (nSPS) is 12.8. The van der Waals surface area contributed by atoms with E-state index in [1.165, 1.54) is 52.0 Å². The van der Waals surface area contributed by atoms with Crippen LogP contribution >= 0.6 is 23.1 Å². The lowest BCUT2D eigenvalue weighted by molar-refractivity contribution is -0.274. The highest BCUT2D eigenvalue weighted by molar-refractivity contribution is 7.99. The Bertz CT molecular complexity index is 1080. The lowest BCUT2D eigenvalue weighted by atomic mass is 10.3. The van der Waals surface area contributed by atoms with Crippen molar-refractivity contribution in [3.05, 3.63) is 47.7 Å². The predicted octanol–water partition coefficient (Wildman–Crippen LogP) is 4.53. The van der Waals surface area contributed by atoms with Crippen LogP contribution in [0.25, 0.3) is 16.5 Å². The van der Waals surface area contributed by atoms with Gasteiger partial charge in [0.05, 0.1) is 15.8 Å². The van der Waals surface area contributed by atoms with E-state index in [1.54, 1.807) is 0 Å². The van der Waals surface area contributed by atoms with Crippen molar-refractivity contribution in [3.8, 4) is 22.2 Å². The third-order valence-corrected chi connectivity index (χ3v) is 5.44. The van der Waals surface area contributed by atoms with E-state index >= 15 is 0 Å². The van der Waals surface area contributed by atoms with Crippen LogP contribution in [0, 0.1) is 0 Å². The number of benzene rings is 1. The summed E-state index contributed by atoms with van der Waals surface area (Å²) in [4.78, 5) is 0.868. The summed E-state index contributed by atoms with van der Waals surface area (Å²) in [6.45, 7) is 1.86. The molecule has 0 aliphatic carbocycles. The Morgan fingerprint density at radius 3 is 2.62 bits per heavy atom. The highest BCUT2D eigenvalue weighted by atomic mass is 32.2. The van der Waals surface area contributed by atoms with Crippen molar-refractivity contribution in [2.75, 3.05) is 0 Å². The van der Waals surface area contributed by atoms with Gasteiger partial charge in [-0.1, -0.05) is 17.8 Å².